The lowest BCUT2D eigenvalue weighted by molar-refractivity contribution is -0.139. The van der Waals surface area contributed by atoms with Crippen molar-refractivity contribution in [1.82, 2.24) is 5.32 Å². The summed E-state index contributed by atoms with van der Waals surface area (Å²) in [5, 5.41) is 11.9. The molecule has 0 saturated heterocycles. The minimum Gasteiger partial charge on any atom is -0.493 e. The van der Waals surface area contributed by atoms with E-state index in [0.717, 1.165) is 0 Å². The largest absolute Gasteiger partial charge is 0.493 e. The monoisotopic (exact) mass is 255 g/mol. The van der Waals surface area contributed by atoms with Crippen molar-refractivity contribution in [2.75, 3.05) is 28.4 Å². The smallest absolute Gasteiger partial charge is 0.325 e. The van der Waals surface area contributed by atoms with E-state index in [1.165, 1.54) is 21.3 Å². The number of hydrogen-bond acceptors (Lipinski definition) is 5. The summed E-state index contributed by atoms with van der Waals surface area (Å²) in [5.41, 5.74) is 0.477. The number of methoxy groups -OCH3 is 3. The third-order valence-corrected chi connectivity index (χ3v) is 2.58. The molecule has 0 aliphatic heterocycles. The van der Waals surface area contributed by atoms with Gasteiger partial charge in [-0.2, -0.15) is 0 Å². The zero-order valence-corrected chi connectivity index (χ0v) is 10.8. The number of likely N-dealkylation sites (N-methyl/N-ethyl adjacent to an activating group) is 1. The number of nitrogens with one attached hydrogen (secondary N) is 1. The molecule has 1 unspecified atom stereocenters. The van der Waals surface area contributed by atoms with E-state index in [9.17, 15) is 4.79 Å². The average molecular weight is 255 g/mol. The Kier molecular flexibility index (Phi) is 4.79. The third kappa shape index (κ3) is 2.48. The first-order valence-electron chi connectivity index (χ1n) is 5.29. The number of carboxylic acids is 1. The molecule has 0 amide bonds. The van der Waals surface area contributed by atoms with Crippen LogP contribution in [-0.4, -0.2) is 39.5 Å². The molecular formula is C12H17NO5. The van der Waals surface area contributed by atoms with Gasteiger partial charge in [-0.15, -0.1) is 0 Å². The van der Waals surface area contributed by atoms with Crippen LogP contribution in [0.2, 0.25) is 0 Å². The fraction of sp³-hybridized carbons (Fsp3) is 0.417. The molecular weight excluding hydrogens is 238 g/mol. The lowest BCUT2D eigenvalue weighted by Gasteiger charge is -2.19. The molecule has 6 nitrogen and oxygen atoms in total. The van der Waals surface area contributed by atoms with Gasteiger partial charge in [-0.3, -0.25) is 4.79 Å². The van der Waals surface area contributed by atoms with Crippen LogP contribution >= 0.6 is 0 Å². The van der Waals surface area contributed by atoms with Gasteiger partial charge in [0.15, 0.2) is 11.5 Å². The van der Waals surface area contributed by atoms with Gasteiger partial charge in [0.25, 0.3) is 0 Å². The molecule has 0 aromatic heterocycles. The van der Waals surface area contributed by atoms with Crippen LogP contribution in [0.3, 0.4) is 0 Å². The zero-order valence-electron chi connectivity index (χ0n) is 10.8. The molecule has 18 heavy (non-hydrogen) atoms. The molecule has 100 valence electrons. The summed E-state index contributed by atoms with van der Waals surface area (Å²) in [5.74, 6) is 0.207. The van der Waals surface area contributed by atoms with Gasteiger partial charge in [0.05, 0.1) is 21.3 Å². The van der Waals surface area contributed by atoms with Crippen LogP contribution in [0.4, 0.5) is 0 Å². The quantitative estimate of drug-likeness (QED) is 0.791. The Morgan fingerprint density at radius 1 is 1.17 bits per heavy atom. The number of aliphatic carboxylic acids is 1. The highest BCUT2D eigenvalue weighted by atomic mass is 16.5. The number of hydrogen-bond donors (Lipinski definition) is 2. The highest BCUT2D eigenvalue weighted by Crippen LogP contribution is 2.41. The highest BCUT2D eigenvalue weighted by Gasteiger charge is 2.25. The van der Waals surface area contributed by atoms with Crippen molar-refractivity contribution in [3.05, 3.63) is 17.7 Å². The Hall–Kier alpha value is -1.95. The summed E-state index contributed by atoms with van der Waals surface area (Å²) < 4.78 is 15.6. The SMILES string of the molecule is CNC(C(=O)O)c1ccc(OC)c(OC)c1OC. The van der Waals surface area contributed by atoms with Crippen LogP contribution in [0.25, 0.3) is 0 Å². The maximum Gasteiger partial charge on any atom is 0.325 e. The fourth-order valence-corrected chi connectivity index (χ4v) is 1.76. The van der Waals surface area contributed by atoms with Crippen LogP contribution in [-0.2, 0) is 4.79 Å². The first-order valence-corrected chi connectivity index (χ1v) is 5.29. The Bertz CT molecular complexity index is 433. The van der Waals surface area contributed by atoms with Crippen molar-refractivity contribution >= 4 is 5.97 Å². The van der Waals surface area contributed by atoms with Crippen LogP contribution in [0.15, 0.2) is 12.1 Å². The maximum absolute atomic E-state index is 11.2. The minimum absolute atomic E-state index is 0.346. The fourth-order valence-electron chi connectivity index (χ4n) is 1.76. The van der Waals surface area contributed by atoms with E-state index in [1.807, 2.05) is 0 Å². The van der Waals surface area contributed by atoms with Crippen molar-refractivity contribution in [1.29, 1.82) is 0 Å². The lowest BCUT2D eigenvalue weighted by Crippen LogP contribution is -2.25. The zero-order chi connectivity index (χ0) is 13.7. The predicted molar refractivity (Wildman–Crippen MR) is 65.5 cm³/mol. The van der Waals surface area contributed by atoms with Gasteiger partial charge in [0, 0.05) is 5.56 Å². The van der Waals surface area contributed by atoms with Crippen molar-refractivity contribution in [2.24, 2.45) is 0 Å². The first kappa shape index (κ1) is 14.1. The maximum atomic E-state index is 11.2. The summed E-state index contributed by atoms with van der Waals surface area (Å²) in [6.07, 6.45) is 0. The number of benzene rings is 1. The van der Waals surface area contributed by atoms with E-state index in [4.69, 9.17) is 19.3 Å². The van der Waals surface area contributed by atoms with Gasteiger partial charge in [-0.25, -0.2) is 0 Å². The molecule has 1 aromatic rings. The van der Waals surface area contributed by atoms with Crippen molar-refractivity contribution < 1.29 is 24.1 Å². The third-order valence-electron chi connectivity index (χ3n) is 2.58. The van der Waals surface area contributed by atoms with Gasteiger partial charge >= 0.3 is 5.97 Å². The molecule has 0 fully saturated rings. The van der Waals surface area contributed by atoms with Crippen LogP contribution in [0, 0.1) is 0 Å². The second-order valence-corrected chi connectivity index (χ2v) is 3.48. The molecule has 0 spiro atoms. The molecule has 6 heteroatoms. The number of ether oxygens (including phenoxy) is 3. The summed E-state index contributed by atoms with van der Waals surface area (Å²) in [4.78, 5) is 11.2. The standard InChI is InChI=1S/C12H17NO5/c1-13-9(12(14)15)7-5-6-8(16-2)11(18-4)10(7)17-3/h5-6,9,13H,1-4H3,(H,14,15). The number of rotatable bonds is 6. The molecule has 0 aliphatic rings. The molecule has 0 radical (unpaired) electrons. The summed E-state index contributed by atoms with van der Waals surface area (Å²) in [6, 6.07) is 2.40. The molecule has 0 saturated carbocycles. The highest BCUT2D eigenvalue weighted by molar-refractivity contribution is 5.78. The van der Waals surface area contributed by atoms with E-state index in [2.05, 4.69) is 5.32 Å². The van der Waals surface area contributed by atoms with E-state index >= 15 is 0 Å². The molecule has 0 bridgehead atoms. The van der Waals surface area contributed by atoms with Crippen molar-refractivity contribution in [2.45, 2.75) is 6.04 Å². The Labute approximate surface area is 105 Å². The number of carboxylic acid groups (broad SMARTS) is 1. The van der Waals surface area contributed by atoms with Crippen LogP contribution in [0.1, 0.15) is 11.6 Å². The molecule has 2 N–H and O–H groups in total. The Balaban J connectivity index is 3.40. The first-order chi connectivity index (χ1) is 8.60. The van der Waals surface area contributed by atoms with Crippen molar-refractivity contribution in [3.8, 4) is 17.2 Å². The topological polar surface area (TPSA) is 77.0 Å². The van der Waals surface area contributed by atoms with E-state index in [-0.39, 0.29) is 0 Å². The average Bonchev–Trinajstić information content (AvgIpc) is 2.38. The minimum atomic E-state index is -0.997. The Morgan fingerprint density at radius 3 is 2.17 bits per heavy atom. The van der Waals surface area contributed by atoms with Crippen molar-refractivity contribution in [3.63, 3.8) is 0 Å². The second-order valence-electron chi connectivity index (χ2n) is 3.48. The number of carbonyl (C=O) groups is 1. The summed E-state index contributed by atoms with van der Waals surface area (Å²) in [6.45, 7) is 0. The molecule has 0 heterocycles. The molecule has 0 aliphatic carbocycles. The van der Waals surface area contributed by atoms with Crippen LogP contribution < -0.4 is 19.5 Å². The second kappa shape index (κ2) is 6.11. The lowest BCUT2D eigenvalue weighted by atomic mass is 10.0. The van der Waals surface area contributed by atoms with E-state index in [0.29, 0.717) is 22.8 Å². The van der Waals surface area contributed by atoms with Gasteiger partial charge in [0.2, 0.25) is 5.75 Å². The van der Waals surface area contributed by atoms with Gasteiger partial charge in [-0.1, -0.05) is 0 Å². The summed E-state index contributed by atoms with van der Waals surface area (Å²) >= 11 is 0. The molecule has 1 rings (SSSR count). The summed E-state index contributed by atoms with van der Waals surface area (Å²) in [7, 11) is 5.99. The van der Waals surface area contributed by atoms with E-state index in [1.54, 1.807) is 19.2 Å². The van der Waals surface area contributed by atoms with Gasteiger partial charge in [0.1, 0.15) is 6.04 Å². The van der Waals surface area contributed by atoms with Gasteiger partial charge < -0.3 is 24.6 Å². The predicted octanol–water partition coefficient (Wildman–Crippen LogP) is 1.06. The Morgan fingerprint density at radius 2 is 1.78 bits per heavy atom. The van der Waals surface area contributed by atoms with Crippen LogP contribution in [0.5, 0.6) is 17.2 Å². The van der Waals surface area contributed by atoms with E-state index < -0.39 is 12.0 Å². The molecule has 1 aromatic carbocycles. The normalized spacial score (nSPS) is 11.8. The molecule has 1 atom stereocenters. The van der Waals surface area contributed by atoms with Gasteiger partial charge in [-0.05, 0) is 19.2 Å².